The maximum Gasteiger partial charge on any atom is 0.255 e. The van der Waals surface area contributed by atoms with E-state index in [-0.39, 0.29) is 43.3 Å². The fourth-order valence-corrected chi connectivity index (χ4v) is 4.59. The Morgan fingerprint density at radius 3 is 2.68 bits per heavy atom. The van der Waals surface area contributed by atoms with Gasteiger partial charge in [0.2, 0.25) is 11.8 Å². The number of nitrogens with one attached hydrogen (secondary N) is 2. The molecule has 0 aromatic heterocycles. The van der Waals surface area contributed by atoms with Crippen molar-refractivity contribution >= 4 is 23.4 Å². The number of fused-ring (bicyclic) bond motifs is 1. The largest absolute Gasteiger partial charge is 0.381 e. The van der Waals surface area contributed by atoms with Crippen LogP contribution in [0.3, 0.4) is 0 Å². The van der Waals surface area contributed by atoms with Crippen molar-refractivity contribution in [2.75, 3.05) is 31.6 Å². The van der Waals surface area contributed by atoms with Gasteiger partial charge in [-0.2, -0.15) is 0 Å². The fourth-order valence-electron chi connectivity index (χ4n) is 4.59. The summed E-state index contributed by atoms with van der Waals surface area (Å²) in [6, 6.07) is 9.18. The van der Waals surface area contributed by atoms with Crippen molar-refractivity contribution in [2.45, 2.75) is 38.5 Å². The van der Waals surface area contributed by atoms with Crippen LogP contribution < -0.4 is 10.6 Å². The number of halogens is 1. The Labute approximate surface area is 199 Å². The van der Waals surface area contributed by atoms with Crippen LogP contribution in [0.4, 0.5) is 10.1 Å². The number of carbonyl (C=O) groups is 3. The highest BCUT2D eigenvalue weighted by molar-refractivity contribution is 6.06. The van der Waals surface area contributed by atoms with E-state index in [2.05, 4.69) is 10.6 Å². The number of nitrogens with zero attached hydrogens (tertiary/aromatic N) is 2. The normalized spacial score (nSPS) is 22.2. The molecule has 3 aliphatic heterocycles. The molecule has 1 atom stereocenters. The molecule has 2 aromatic rings. The van der Waals surface area contributed by atoms with Crippen LogP contribution in [-0.4, -0.2) is 59.9 Å². The zero-order valence-electron chi connectivity index (χ0n) is 20.6. The standard InChI is InChI=1S/C25H27FN4O4/c26-23-16(3-1-4-17(23)14-29-9-11-34-12-10-29)13-27-20-6-2-5-18-19(20)15-30(25(18)33)21-7-8-22(31)28-24(21)32/h1-6,21,27H,7-15H2,(H,28,31,32)/i14D2. The Balaban J connectivity index is 1.34. The Morgan fingerprint density at radius 1 is 1.12 bits per heavy atom. The number of piperidine rings is 1. The molecule has 0 saturated carbocycles. The summed E-state index contributed by atoms with van der Waals surface area (Å²) in [7, 11) is 0. The van der Waals surface area contributed by atoms with Crippen molar-refractivity contribution in [1.82, 2.24) is 15.1 Å². The Bertz CT molecular complexity index is 1220. The summed E-state index contributed by atoms with van der Waals surface area (Å²) in [5.74, 6) is -1.72. The molecule has 3 amide bonds. The monoisotopic (exact) mass is 468 g/mol. The molecule has 2 fully saturated rings. The van der Waals surface area contributed by atoms with Crippen LogP contribution in [0.5, 0.6) is 0 Å². The second kappa shape index (κ2) is 9.52. The Hall–Kier alpha value is -3.30. The number of imide groups is 1. The second-order valence-electron chi connectivity index (χ2n) is 8.58. The van der Waals surface area contributed by atoms with Gasteiger partial charge in [-0.15, -0.1) is 0 Å². The number of benzene rings is 2. The number of hydrogen-bond acceptors (Lipinski definition) is 6. The van der Waals surface area contributed by atoms with Gasteiger partial charge < -0.3 is 15.0 Å². The first kappa shape index (κ1) is 20.1. The van der Waals surface area contributed by atoms with Gasteiger partial charge in [-0.05, 0) is 18.6 Å². The quantitative estimate of drug-likeness (QED) is 0.631. The van der Waals surface area contributed by atoms with Crippen molar-refractivity contribution in [1.29, 1.82) is 0 Å². The van der Waals surface area contributed by atoms with E-state index in [1.54, 1.807) is 35.2 Å². The lowest BCUT2D eigenvalue weighted by Crippen LogP contribution is -2.52. The van der Waals surface area contributed by atoms with Crippen LogP contribution >= 0.6 is 0 Å². The summed E-state index contributed by atoms with van der Waals surface area (Å²) in [6.07, 6.45) is 0.450. The lowest BCUT2D eigenvalue weighted by atomic mass is 10.0. The SMILES string of the molecule is [2H]C([2H])(c1cccc(CNc2cccc3c2CN(C2CCC(=O)NC2=O)C3=O)c1F)N1CCOCC1. The molecule has 0 bridgehead atoms. The summed E-state index contributed by atoms with van der Waals surface area (Å²) in [6.45, 7) is -0.141. The minimum Gasteiger partial charge on any atom is -0.381 e. The smallest absolute Gasteiger partial charge is 0.255 e. The predicted molar refractivity (Wildman–Crippen MR) is 122 cm³/mol. The average Bonchev–Trinajstić information content (AvgIpc) is 3.20. The fraction of sp³-hybridized carbons (Fsp3) is 0.400. The molecule has 5 rings (SSSR count). The molecule has 0 radical (unpaired) electrons. The van der Waals surface area contributed by atoms with Crippen molar-refractivity contribution in [2.24, 2.45) is 0 Å². The number of amides is 3. The van der Waals surface area contributed by atoms with Crippen LogP contribution in [0.25, 0.3) is 0 Å². The number of ether oxygens (including phenoxy) is 1. The Kier molecular flexibility index (Phi) is 5.63. The molecule has 0 aliphatic carbocycles. The van der Waals surface area contributed by atoms with Crippen molar-refractivity contribution in [3.8, 4) is 0 Å². The summed E-state index contributed by atoms with van der Waals surface area (Å²) in [5.41, 5.74) is 2.07. The molecule has 0 spiro atoms. The van der Waals surface area contributed by atoms with E-state index in [4.69, 9.17) is 7.48 Å². The molecular weight excluding hydrogens is 439 g/mol. The number of anilines is 1. The van der Waals surface area contributed by atoms with Crippen molar-refractivity contribution in [3.63, 3.8) is 0 Å². The van der Waals surface area contributed by atoms with Gasteiger partial charge in [0.05, 0.1) is 13.2 Å². The molecule has 9 heteroatoms. The first-order valence-corrected chi connectivity index (χ1v) is 11.4. The number of carbonyl (C=O) groups excluding carboxylic acids is 3. The van der Waals surface area contributed by atoms with E-state index in [0.29, 0.717) is 48.7 Å². The van der Waals surface area contributed by atoms with Gasteiger partial charge in [0.1, 0.15) is 11.9 Å². The predicted octanol–water partition coefficient (Wildman–Crippen LogP) is 2.03. The minimum atomic E-state index is -1.98. The van der Waals surface area contributed by atoms with Gasteiger partial charge in [-0.3, -0.25) is 24.6 Å². The van der Waals surface area contributed by atoms with Crippen LogP contribution in [0.1, 0.15) is 42.6 Å². The highest BCUT2D eigenvalue weighted by Gasteiger charge is 2.39. The van der Waals surface area contributed by atoms with Gasteiger partial charge in [-0.25, -0.2) is 4.39 Å². The van der Waals surface area contributed by atoms with Crippen LogP contribution in [0, 0.1) is 5.82 Å². The van der Waals surface area contributed by atoms with E-state index in [9.17, 15) is 14.4 Å². The molecule has 2 N–H and O–H groups in total. The molecule has 3 heterocycles. The van der Waals surface area contributed by atoms with Crippen LogP contribution in [-0.2, 0) is 33.9 Å². The Morgan fingerprint density at radius 2 is 1.88 bits per heavy atom. The van der Waals surface area contributed by atoms with Crippen molar-refractivity contribution < 1.29 is 26.3 Å². The van der Waals surface area contributed by atoms with Crippen LogP contribution in [0.15, 0.2) is 36.4 Å². The lowest BCUT2D eigenvalue weighted by molar-refractivity contribution is -0.136. The molecule has 34 heavy (non-hydrogen) atoms. The zero-order valence-corrected chi connectivity index (χ0v) is 18.6. The van der Waals surface area contributed by atoms with Gasteiger partial charge in [0.15, 0.2) is 0 Å². The van der Waals surface area contributed by atoms with E-state index < -0.39 is 24.3 Å². The lowest BCUT2D eigenvalue weighted by Gasteiger charge is -2.29. The van der Waals surface area contributed by atoms with Crippen molar-refractivity contribution in [3.05, 3.63) is 64.5 Å². The van der Waals surface area contributed by atoms with E-state index in [1.165, 1.54) is 11.0 Å². The molecule has 3 aliphatic rings. The van der Waals surface area contributed by atoms with E-state index >= 15 is 4.39 Å². The highest BCUT2D eigenvalue weighted by atomic mass is 19.1. The zero-order chi connectivity index (χ0) is 25.4. The molecule has 8 nitrogen and oxygen atoms in total. The average molecular weight is 469 g/mol. The number of morpholine rings is 1. The van der Waals surface area contributed by atoms with Gasteiger partial charge in [0.25, 0.3) is 5.91 Å². The van der Waals surface area contributed by atoms with Gasteiger partial charge in [0, 0.05) is 69.8 Å². The summed E-state index contributed by atoms with van der Waals surface area (Å²) in [5, 5.41) is 5.49. The molecular formula is C25H27FN4O4. The maximum absolute atomic E-state index is 15.5. The summed E-state index contributed by atoms with van der Waals surface area (Å²) >= 11 is 0. The topological polar surface area (TPSA) is 91.0 Å². The third kappa shape index (κ3) is 4.41. The minimum absolute atomic E-state index is 0.0267. The maximum atomic E-state index is 15.5. The first-order valence-electron chi connectivity index (χ1n) is 12.4. The molecule has 1 unspecified atom stereocenters. The molecule has 178 valence electrons. The third-order valence-electron chi connectivity index (χ3n) is 6.42. The van der Waals surface area contributed by atoms with Crippen LogP contribution in [0.2, 0.25) is 0 Å². The molecule has 2 aromatic carbocycles. The van der Waals surface area contributed by atoms with Gasteiger partial charge >= 0.3 is 0 Å². The first-order chi connectivity index (χ1) is 17.3. The van der Waals surface area contributed by atoms with E-state index in [0.717, 1.165) is 0 Å². The van der Waals surface area contributed by atoms with E-state index in [1.807, 2.05) is 0 Å². The van der Waals surface area contributed by atoms with Gasteiger partial charge in [-0.1, -0.05) is 24.3 Å². The molecule has 2 saturated heterocycles. The third-order valence-corrected chi connectivity index (χ3v) is 6.42. The summed E-state index contributed by atoms with van der Waals surface area (Å²) in [4.78, 5) is 39.9. The number of rotatable bonds is 6. The summed E-state index contributed by atoms with van der Waals surface area (Å²) < 4.78 is 37.9. The highest BCUT2D eigenvalue weighted by Crippen LogP contribution is 2.32. The second-order valence-corrected chi connectivity index (χ2v) is 8.58. The number of hydrogen-bond donors (Lipinski definition) is 2.